The van der Waals surface area contributed by atoms with Gasteiger partial charge in [-0.2, -0.15) is 0 Å². The van der Waals surface area contributed by atoms with Crippen LogP contribution in [-0.2, 0) is 0 Å². The predicted octanol–water partition coefficient (Wildman–Crippen LogP) is 5.16. The maximum atomic E-state index is 12.8. The smallest absolute Gasteiger partial charge is 0.295 e. The Labute approximate surface area is 179 Å². The summed E-state index contributed by atoms with van der Waals surface area (Å²) in [6.07, 6.45) is 0. The number of amides is 1. The molecule has 1 heterocycles. The van der Waals surface area contributed by atoms with Gasteiger partial charge in [-0.3, -0.25) is 4.79 Å². The summed E-state index contributed by atoms with van der Waals surface area (Å²) in [5, 5.41) is 7.91. The average molecular weight is 419 g/mol. The molecule has 0 aliphatic carbocycles. The van der Waals surface area contributed by atoms with E-state index in [1.54, 1.807) is 48.2 Å². The minimum absolute atomic E-state index is 0.0669. The van der Waals surface area contributed by atoms with E-state index in [-0.39, 0.29) is 5.82 Å². The van der Waals surface area contributed by atoms with Gasteiger partial charge in [0, 0.05) is 16.3 Å². The number of carbonyl (C=O) groups excluding carboxylic acids is 1. The van der Waals surface area contributed by atoms with Crippen molar-refractivity contribution in [2.75, 3.05) is 12.4 Å². The number of hydrogen-bond donors (Lipinski definition) is 1. The van der Waals surface area contributed by atoms with Gasteiger partial charge in [-0.25, -0.2) is 9.67 Å². The molecule has 150 valence electrons. The first-order valence-corrected chi connectivity index (χ1v) is 9.67. The molecule has 0 spiro atoms. The standard InChI is InChI=1S/C23H19ClN4O2/c1-15-4-3-5-16(14-15)22-26-21(27-28(22)19-10-6-17(24)7-11-19)23(29)25-18-8-12-20(30-2)13-9-18/h3-14H,1-2H3,(H,25,29). The van der Waals surface area contributed by atoms with Gasteiger partial charge in [0.1, 0.15) is 5.75 Å². The van der Waals surface area contributed by atoms with Crippen LogP contribution in [0.3, 0.4) is 0 Å². The minimum atomic E-state index is -0.401. The Morgan fingerprint density at radius 3 is 2.43 bits per heavy atom. The minimum Gasteiger partial charge on any atom is -0.497 e. The molecule has 3 aromatic carbocycles. The Balaban J connectivity index is 1.72. The third-order valence-corrected chi connectivity index (χ3v) is 4.76. The molecule has 4 aromatic rings. The van der Waals surface area contributed by atoms with Crippen LogP contribution in [-0.4, -0.2) is 27.8 Å². The zero-order valence-electron chi connectivity index (χ0n) is 16.5. The Bertz CT molecular complexity index is 1180. The molecule has 0 atom stereocenters. The van der Waals surface area contributed by atoms with Crippen LogP contribution in [0.1, 0.15) is 16.2 Å². The Morgan fingerprint density at radius 1 is 1.03 bits per heavy atom. The molecule has 0 saturated heterocycles. The van der Waals surface area contributed by atoms with E-state index in [0.717, 1.165) is 16.8 Å². The van der Waals surface area contributed by atoms with Gasteiger partial charge >= 0.3 is 0 Å². The molecule has 30 heavy (non-hydrogen) atoms. The quantitative estimate of drug-likeness (QED) is 0.486. The van der Waals surface area contributed by atoms with Gasteiger partial charge in [-0.15, -0.1) is 5.10 Å². The number of carbonyl (C=O) groups is 1. The number of anilines is 1. The van der Waals surface area contributed by atoms with Crippen LogP contribution in [0.5, 0.6) is 5.75 Å². The summed E-state index contributed by atoms with van der Waals surface area (Å²) in [5.41, 5.74) is 3.33. The molecule has 1 N–H and O–H groups in total. The number of aryl methyl sites for hydroxylation is 1. The molecule has 0 radical (unpaired) electrons. The van der Waals surface area contributed by atoms with Crippen molar-refractivity contribution in [2.24, 2.45) is 0 Å². The predicted molar refractivity (Wildman–Crippen MR) is 117 cm³/mol. The fourth-order valence-corrected chi connectivity index (χ4v) is 3.13. The number of rotatable bonds is 5. The van der Waals surface area contributed by atoms with Gasteiger partial charge in [-0.05, 0) is 61.5 Å². The van der Waals surface area contributed by atoms with Crippen LogP contribution in [0.15, 0.2) is 72.8 Å². The van der Waals surface area contributed by atoms with Crippen LogP contribution in [0.4, 0.5) is 5.69 Å². The van der Waals surface area contributed by atoms with E-state index < -0.39 is 5.91 Å². The van der Waals surface area contributed by atoms with Crippen molar-refractivity contribution >= 4 is 23.2 Å². The number of hydrogen-bond acceptors (Lipinski definition) is 4. The topological polar surface area (TPSA) is 69.0 Å². The van der Waals surface area contributed by atoms with Crippen LogP contribution in [0.25, 0.3) is 17.1 Å². The third kappa shape index (κ3) is 4.18. The molecule has 1 aromatic heterocycles. The number of ether oxygens (including phenoxy) is 1. The number of halogens is 1. The summed E-state index contributed by atoms with van der Waals surface area (Å²) in [7, 11) is 1.59. The van der Waals surface area contributed by atoms with Crippen molar-refractivity contribution < 1.29 is 9.53 Å². The first kappa shape index (κ1) is 19.7. The Morgan fingerprint density at radius 2 is 1.77 bits per heavy atom. The van der Waals surface area contributed by atoms with Gasteiger partial charge in [0.25, 0.3) is 5.91 Å². The van der Waals surface area contributed by atoms with Gasteiger partial charge in [0.05, 0.1) is 12.8 Å². The Kier molecular flexibility index (Phi) is 5.50. The zero-order chi connectivity index (χ0) is 21.1. The van der Waals surface area contributed by atoms with Crippen molar-refractivity contribution in [1.82, 2.24) is 14.8 Å². The van der Waals surface area contributed by atoms with Crippen molar-refractivity contribution in [1.29, 1.82) is 0 Å². The van der Waals surface area contributed by atoms with Crippen molar-refractivity contribution in [3.05, 3.63) is 89.2 Å². The SMILES string of the molecule is COc1ccc(NC(=O)c2nc(-c3cccc(C)c3)n(-c3ccc(Cl)cc3)n2)cc1. The normalized spacial score (nSPS) is 10.6. The molecule has 7 heteroatoms. The second kappa shape index (κ2) is 8.39. The molecule has 0 aliphatic heterocycles. The van der Waals surface area contributed by atoms with Crippen molar-refractivity contribution in [3.8, 4) is 22.8 Å². The van der Waals surface area contributed by atoms with Gasteiger partial charge in [0.2, 0.25) is 5.82 Å². The summed E-state index contributed by atoms with van der Waals surface area (Å²) >= 11 is 6.03. The molecule has 0 unspecified atom stereocenters. The molecular formula is C23H19ClN4O2. The number of nitrogens with zero attached hydrogens (tertiary/aromatic N) is 3. The van der Waals surface area contributed by atoms with E-state index in [1.165, 1.54) is 0 Å². The van der Waals surface area contributed by atoms with Crippen LogP contribution in [0, 0.1) is 6.92 Å². The highest BCUT2D eigenvalue weighted by molar-refractivity contribution is 6.30. The van der Waals surface area contributed by atoms with E-state index in [1.807, 2.05) is 43.3 Å². The summed E-state index contributed by atoms with van der Waals surface area (Å²) < 4.78 is 6.79. The molecule has 0 aliphatic rings. The summed E-state index contributed by atoms with van der Waals surface area (Å²) in [6, 6.07) is 22.2. The first-order valence-electron chi connectivity index (χ1n) is 9.29. The average Bonchev–Trinajstić information content (AvgIpc) is 3.20. The van der Waals surface area contributed by atoms with Gasteiger partial charge in [0.15, 0.2) is 5.82 Å². The number of methoxy groups -OCH3 is 1. The molecule has 6 nitrogen and oxygen atoms in total. The lowest BCUT2D eigenvalue weighted by molar-refractivity contribution is 0.101. The lowest BCUT2D eigenvalue weighted by Gasteiger charge is -2.06. The molecular weight excluding hydrogens is 400 g/mol. The summed E-state index contributed by atoms with van der Waals surface area (Å²) in [5.74, 6) is 0.944. The lowest BCUT2D eigenvalue weighted by atomic mass is 10.1. The summed E-state index contributed by atoms with van der Waals surface area (Å²) in [4.78, 5) is 17.3. The highest BCUT2D eigenvalue weighted by atomic mass is 35.5. The fraction of sp³-hybridized carbons (Fsp3) is 0.0870. The first-order chi connectivity index (χ1) is 14.5. The van der Waals surface area contributed by atoms with E-state index >= 15 is 0 Å². The molecule has 0 saturated carbocycles. The fourth-order valence-electron chi connectivity index (χ4n) is 3.00. The number of nitrogens with one attached hydrogen (secondary N) is 1. The van der Waals surface area contributed by atoms with Crippen LogP contribution >= 0.6 is 11.6 Å². The van der Waals surface area contributed by atoms with E-state index in [4.69, 9.17) is 16.3 Å². The molecule has 0 fully saturated rings. The molecule has 0 bridgehead atoms. The van der Waals surface area contributed by atoms with Crippen LogP contribution in [0.2, 0.25) is 5.02 Å². The monoisotopic (exact) mass is 418 g/mol. The largest absolute Gasteiger partial charge is 0.497 e. The van der Waals surface area contributed by atoms with E-state index in [9.17, 15) is 4.79 Å². The van der Waals surface area contributed by atoms with E-state index in [2.05, 4.69) is 15.4 Å². The van der Waals surface area contributed by atoms with Gasteiger partial charge in [-0.1, -0.05) is 35.4 Å². The zero-order valence-corrected chi connectivity index (χ0v) is 17.2. The summed E-state index contributed by atoms with van der Waals surface area (Å²) in [6.45, 7) is 2.00. The highest BCUT2D eigenvalue weighted by Gasteiger charge is 2.19. The maximum absolute atomic E-state index is 12.8. The number of aromatic nitrogens is 3. The highest BCUT2D eigenvalue weighted by Crippen LogP contribution is 2.24. The van der Waals surface area contributed by atoms with Crippen molar-refractivity contribution in [3.63, 3.8) is 0 Å². The second-order valence-corrected chi connectivity index (χ2v) is 7.14. The second-order valence-electron chi connectivity index (χ2n) is 6.70. The molecule has 1 amide bonds. The third-order valence-electron chi connectivity index (χ3n) is 4.51. The van der Waals surface area contributed by atoms with Crippen LogP contribution < -0.4 is 10.1 Å². The van der Waals surface area contributed by atoms with Gasteiger partial charge < -0.3 is 10.1 Å². The van der Waals surface area contributed by atoms with Crippen molar-refractivity contribution in [2.45, 2.75) is 6.92 Å². The molecule has 4 rings (SSSR count). The van der Waals surface area contributed by atoms with E-state index in [0.29, 0.717) is 22.3 Å². The Hall–Kier alpha value is -3.64. The lowest BCUT2D eigenvalue weighted by Crippen LogP contribution is -2.14. The number of benzene rings is 3. The maximum Gasteiger partial charge on any atom is 0.295 e.